The Hall–Kier alpha value is -1.93. The van der Waals surface area contributed by atoms with Crippen molar-refractivity contribution < 1.29 is 13.2 Å². The second kappa shape index (κ2) is 9.92. The summed E-state index contributed by atoms with van der Waals surface area (Å²) >= 11 is 6.19. The Balaban J connectivity index is 1.68. The van der Waals surface area contributed by atoms with Crippen molar-refractivity contribution in [1.29, 1.82) is 0 Å². The molecule has 8 heteroatoms. The van der Waals surface area contributed by atoms with Crippen LogP contribution >= 0.6 is 11.6 Å². The van der Waals surface area contributed by atoms with Crippen molar-refractivity contribution in [2.24, 2.45) is 0 Å². The first-order valence-electron chi connectivity index (χ1n) is 10.1. The van der Waals surface area contributed by atoms with E-state index in [2.05, 4.69) is 5.32 Å². The SMILES string of the molecule is Cc1ccc(S(=O)(=O)N2CCCCC2)cc1NC(=O)CN(C)Cc1ccccc1Cl. The quantitative estimate of drug-likeness (QED) is 0.696. The minimum absolute atomic E-state index is 0.160. The number of nitrogens with one attached hydrogen (secondary N) is 1. The van der Waals surface area contributed by atoms with E-state index in [0.717, 1.165) is 30.4 Å². The molecule has 3 rings (SSSR count). The lowest BCUT2D eigenvalue weighted by Crippen LogP contribution is -2.35. The third-order valence-corrected chi connectivity index (χ3v) is 7.51. The second-order valence-electron chi connectivity index (χ2n) is 7.75. The summed E-state index contributed by atoms with van der Waals surface area (Å²) in [6.07, 6.45) is 2.82. The van der Waals surface area contributed by atoms with E-state index in [0.29, 0.717) is 30.3 Å². The molecule has 0 radical (unpaired) electrons. The monoisotopic (exact) mass is 449 g/mol. The summed E-state index contributed by atoms with van der Waals surface area (Å²) in [4.78, 5) is 14.6. The molecule has 1 amide bonds. The van der Waals surface area contributed by atoms with Crippen molar-refractivity contribution >= 4 is 33.2 Å². The number of likely N-dealkylation sites (N-methyl/N-ethyl adjacent to an activating group) is 1. The van der Waals surface area contributed by atoms with Gasteiger partial charge < -0.3 is 5.32 Å². The third kappa shape index (κ3) is 5.60. The van der Waals surface area contributed by atoms with Crippen molar-refractivity contribution in [3.63, 3.8) is 0 Å². The molecular formula is C22H28ClN3O3S. The second-order valence-corrected chi connectivity index (χ2v) is 10.1. The first-order chi connectivity index (χ1) is 14.3. The number of sulfonamides is 1. The molecule has 1 N–H and O–H groups in total. The van der Waals surface area contributed by atoms with E-state index in [-0.39, 0.29) is 17.3 Å². The minimum atomic E-state index is -3.55. The average molecular weight is 450 g/mol. The van der Waals surface area contributed by atoms with E-state index in [1.54, 1.807) is 18.2 Å². The zero-order valence-electron chi connectivity index (χ0n) is 17.4. The number of rotatable bonds is 7. The lowest BCUT2D eigenvalue weighted by molar-refractivity contribution is -0.117. The van der Waals surface area contributed by atoms with Crippen molar-refractivity contribution in [3.8, 4) is 0 Å². The van der Waals surface area contributed by atoms with Crippen molar-refractivity contribution in [1.82, 2.24) is 9.21 Å². The zero-order chi connectivity index (χ0) is 21.7. The minimum Gasteiger partial charge on any atom is -0.325 e. The molecule has 1 aliphatic rings. The Kier molecular flexibility index (Phi) is 7.52. The predicted molar refractivity (Wildman–Crippen MR) is 120 cm³/mol. The molecule has 0 bridgehead atoms. The molecular weight excluding hydrogens is 422 g/mol. The Bertz CT molecular complexity index is 1000. The van der Waals surface area contributed by atoms with Crippen LogP contribution in [0.25, 0.3) is 0 Å². The maximum Gasteiger partial charge on any atom is 0.243 e. The van der Waals surface area contributed by atoms with Crippen molar-refractivity contribution in [2.45, 2.75) is 37.6 Å². The van der Waals surface area contributed by atoms with Gasteiger partial charge in [-0.25, -0.2) is 8.42 Å². The van der Waals surface area contributed by atoms with E-state index < -0.39 is 10.0 Å². The van der Waals surface area contributed by atoms with Gasteiger partial charge >= 0.3 is 0 Å². The van der Waals surface area contributed by atoms with Gasteiger partial charge in [0.15, 0.2) is 0 Å². The van der Waals surface area contributed by atoms with Gasteiger partial charge in [-0.3, -0.25) is 9.69 Å². The van der Waals surface area contributed by atoms with Crippen LogP contribution in [0.4, 0.5) is 5.69 Å². The Morgan fingerprint density at radius 2 is 1.83 bits per heavy atom. The first kappa shape index (κ1) is 22.7. The standard InChI is InChI=1S/C22H28ClN3O3S/c1-17-10-11-19(30(28,29)26-12-6-3-7-13-26)14-21(17)24-22(27)16-25(2)15-18-8-4-5-9-20(18)23/h4-5,8-11,14H,3,6-7,12-13,15-16H2,1-2H3,(H,24,27). The summed E-state index contributed by atoms with van der Waals surface area (Å²) in [5, 5.41) is 3.52. The van der Waals surface area contributed by atoms with E-state index >= 15 is 0 Å². The molecule has 1 fully saturated rings. The molecule has 1 saturated heterocycles. The average Bonchev–Trinajstić information content (AvgIpc) is 2.72. The lowest BCUT2D eigenvalue weighted by atomic mass is 10.2. The number of hydrogen-bond donors (Lipinski definition) is 1. The number of carbonyl (C=O) groups is 1. The summed E-state index contributed by atoms with van der Waals surface area (Å²) in [7, 11) is -1.71. The van der Waals surface area contributed by atoms with Crippen LogP contribution in [0.15, 0.2) is 47.4 Å². The molecule has 30 heavy (non-hydrogen) atoms. The molecule has 1 heterocycles. The number of nitrogens with zero attached hydrogens (tertiary/aromatic N) is 2. The zero-order valence-corrected chi connectivity index (χ0v) is 19.0. The van der Waals surface area contributed by atoms with Gasteiger partial charge in [0, 0.05) is 30.3 Å². The molecule has 0 aromatic heterocycles. The highest BCUT2D eigenvalue weighted by Gasteiger charge is 2.26. The molecule has 0 aliphatic carbocycles. The number of benzene rings is 2. The van der Waals surface area contributed by atoms with E-state index in [1.807, 2.05) is 43.1 Å². The number of carbonyl (C=O) groups excluding carboxylic acids is 1. The van der Waals surface area contributed by atoms with Crippen LogP contribution < -0.4 is 5.32 Å². The normalized spacial score (nSPS) is 15.3. The summed E-state index contributed by atoms with van der Waals surface area (Å²) in [5.41, 5.74) is 2.28. The third-order valence-electron chi connectivity index (χ3n) is 5.25. The molecule has 0 atom stereocenters. The molecule has 162 valence electrons. The highest BCUT2D eigenvalue weighted by Crippen LogP contribution is 2.25. The predicted octanol–water partition coefficient (Wildman–Crippen LogP) is 3.89. The fourth-order valence-corrected chi connectivity index (χ4v) is 5.30. The maximum absolute atomic E-state index is 12.9. The summed E-state index contributed by atoms with van der Waals surface area (Å²) in [6.45, 7) is 3.64. The van der Waals surface area contributed by atoms with Crippen LogP contribution in [0.5, 0.6) is 0 Å². The van der Waals surface area contributed by atoms with Crippen LogP contribution in [-0.2, 0) is 21.4 Å². The Morgan fingerprint density at radius 1 is 1.13 bits per heavy atom. The van der Waals surface area contributed by atoms with Crippen LogP contribution in [-0.4, -0.2) is 50.2 Å². The number of anilines is 1. The van der Waals surface area contributed by atoms with Gasteiger partial charge in [0.2, 0.25) is 15.9 Å². The Labute approximate surface area is 183 Å². The molecule has 1 aliphatic heterocycles. The molecule has 0 unspecified atom stereocenters. The molecule has 0 spiro atoms. The number of piperidine rings is 1. The fraction of sp³-hybridized carbons (Fsp3) is 0.409. The van der Waals surface area contributed by atoms with Gasteiger partial charge in [0.05, 0.1) is 11.4 Å². The molecule has 2 aromatic rings. The number of hydrogen-bond acceptors (Lipinski definition) is 4. The topological polar surface area (TPSA) is 69.7 Å². The first-order valence-corrected chi connectivity index (χ1v) is 11.9. The number of aryl methyl sites for hydroxylation is 1. The van der Waals surface area contributed by atoms with Gasteiger partial charge in [-0.1, -0.05) is 42.3 Å². The van der Waals surface area contributed by atoms with E-state index in [1.165, 1.54) is 4.31 Å². The smallest absolute Gasteiger partial charge is 0.243 e. The molecule has 2 aromatic carbocycles. The Morgan fingerprint density at radius 3 is 2.53 bits per heavy atom. The highest BCUT2D eigenvalue weighted by atomic mass is 35.5. The van der Waals surface area contributed by atoms with Crippen LogP contribution in [0, 0.1) is 6.92 Å². The van der Waals surface area contributed by atoms with E-state index in [9.17, 15) is 13.2 Å². The van der Waals surface area contributed by atoms with Gasteiger partial charge in [0.1, 0.15) is 0 Å². The van der Waals surface area contributed by atoms with Crippen molar-refractivity contribution in [2.75, 3.05) is 32.0 Å². The molecule has 6 nitrogen and oxygen atoms in total. The maximum atomic E-state index is 12.9. The largest absolute Gasteiger partial charge is 0.325 e. The fourth-order valence-electron chi connectivity index (χ4n) is 3.56. The highest BCUT2D eigenvalue weighted by molar-refractivity contribution is 7.89. The van der Waals surface area contributed by atoms with Gasteiger partial charge in [-0.05, 0) is 56.1 Å². The van der Waals surface area contributed by atoms with Gasteiger partial charge in [-0.15, -0.1) is 0 Å². The van der Waals surface area contributed by atoms with Crippen LogP contribution in [0.3, 0.4) is 0 Å². The van der Waals surface area contributed by atoms with Gasteiger partial charge in [0.25, 0.3) is 0 Å². The summed E-state index contributed by atoms with van der Waals surface area (Å²) in [5.74, 6) is -0.208. The lowest BCUT2D eigenvalue weighted by Gasteiger charge is -2.26. The molecule has 0 saturated carbocycles. The van der Waals surface area contributed by atoms with Crippen LogP contribution in [0.1, 0.15) is 30.4 Å². The summed E-state index contributed by atoms with van der Waals surface area (Å²) < 4.78 is 27.4. The number of halogens is 1. The summed E-state index contributed by atoms with van der Waals surface area (Å²) in [6, 6.07) is 12.4. The van der Waals surface area contributed by atoms with Crippen LogP contribution in [0.2, 0.25) is 5.02 Å². The van der Waals surface area contributed by atoms with E-state index in [4.69, 9.17) is 11.6 Å². The van der Waals surface area contributed by atoms with Gasteiger partial charge in [-0.2, -0.15) is 4.31 Å². The van der Waals surface area contributed by atoms with Crippen molar-refractivity contribution in [3.05, 3.63) is 58.6 Å². The number of amides is 1.